The standard InChI is InChI=1S/C23H28ClN3O3S2.ClH/c1-5-26(6-2)11-12-27(23-25-22-17(4)13-16(3)14-20(22)31-23)21(28)15-32(29,30)19-9-7-18(24)8-10-19;/h7-10,13-14H,5-6,11-12,15H2,1-4H3;1H. The Balaban J connectivity index is 0.00000385. The number of anilines is 1. The first-order chi connectivity index (χ1) is 15.1. The van der Waals surface area contributed by atoms with Crippen LogP contribution in [0.2, 0.25) is 5.02 Å². The molecule has 0 saturated carbocycles. The molecule has 0 aliphatic heterocycles. The molecule has 33 heavy (non-hydrogen) atoms. The Labute approximate surface area is 210 Å². The van der Waals surface area contributed by atoms with E-state index in [-0.39, 0.29) is 17.3 Å². The summed E-state index contributed by atoms with van der Waals surface area (Å²) in [6, 6.07) is 9.97. The maximum atomic E-state index is 13.3. The number of sulfone groups is 1. The fraction of sp³-hybridized carbons (Fsp3) is 0.391. The number of aryl methyl sites for hydroxylation is 2. The molecule has 0 radical (unpaired) electrons. The molecule has 0 spiro atoms. The summed E-state index contributed by atoms with van der Waals surface area (Å²) in [6.07, 6.45) is 0. The van der Waals surface area contributed by atoms with Gasteiger partial charge in [0.25, 0.3) is 0 Å². The largest absolute Gasteiger partial charge is 0.302 e. The number of nitrogens with zero attached hydrogens (tertiary/aromatic N) is 3. The average Bonchev–Trinajstić information content (AvgIpc) is 3.15. The molecule has 0 bridgehead atoms. The summed E-state index contributed by atoms with van der Waals surface area (Å²) in [5.74, 6) is -1.11. The van der Waals surface area contributed by atoms with Crippen molar-refractivity contribution >= 4 is 66.4 Å². The molecule has 2 aromatic carbocycles. The number of fused-ring (bicyclic) bond motifs is 1. The molecule has 0 aliphatic carbocycles. The lowest BCUT2D eigenvalue weighted by atomic mass is 10.1. The third kappa shape index (κ3) is 6.67. The number of halogens is 2. The van der Waals surface area contributed by atoms with E-state index in [9.17, 15) is 13.2 Å². The van der Waals surface area contributed by atoms with Crippen molar-refractivity contribution in [3.8, 4) is 0 Å². The van der Waals surface area contributed by atoms with E-state index >= 15 is 0 Å². The average molecular weight is 531 g/mol. The van der Waals surface area contributed by atoms with Gasteiger partial charge in [-0.25, -0.2) is 13.4 Å². The zero-order valence-corrected chi connectivity index (χ0v) is 22.4. The van der Waals surface area contributed by atoms with Gasteiger partial charge < -0.3 is 4.90 Å². The molecule has 1 heterocycles. The zero-order valence-electron chi connectivity index (χ0n) is 19.2. The number of thiazole rings is 1. The van der Waals surface area contributed by atoms with Crippen molar-refractivity contribution in [1.29, 1.82) is 0 Å². The fourth-order valence-electron chi connectivity index (χ4n) is 3.55. The Hall–Kier alpha value is -1.71. The van der Waals surface area contributed by atoms with E-state index < -0.39 is 21.5 Å². The first kappa shape index (κ1) is 27.5. The number of amides is 1. The predicted octanol–water partition coefficient (Wildman–Crippen LogP) is 5.14. The van der Waals surface area contributed by atoms with E-state index in [1.54, 1.807) is 0 Å². The molecule has 1 aromatic heterocycles. The highest BCUT2D eigenvalue weighted by Gasteiger charge is 2.27. The van der Waals surface area contributed by atoms with Crippen LogP contribution in [-0.4, -0.2) is 56.1 Å². The van der Waals surface area contributed by atoms with Crippen LogP contribution in [0.15, 0.2) is 41.3 Å². The van der Waals surface area contributed by atoms with Gasteiger partial charge in [0.1, 0.15) is 5.75 Å². The molecule has 1 amide bonds. The minimum absolute atomic E-state index is 0. The van der Waals surface area contributed by atoms with Gasteiger partial charge in [-0.2, -0.15) is 0 Å². The van der Waals surface area contributed by atoms with Gasteiger partial charge >= 0.3 is 0 Å². The Morgan fingerprint density at radius 1 is 1.06 bits per heavy atom. The molecule has 3 rings (SSSR count). The SMILES string of the molecule is CCN(CC)CCN(C(=O)CS(=O)(=O)c1ccc(Cl)cc1)c1nc2c(C)cc(C)cc2s1.Cl. The summed E-state index contributed by atoms with van der Waals surface area (Å²) < 4.78 is 26.8. The molecule has 0 unspecified atom stereocenters. The van der Waals surface area contributed by atoms with Crippen molar-refractivity contribution in [2.45, 2.75) is 32.6 Å². The summed E-state index contributed by atoms with van der Waals surface area (Å²) >= 11 is 7.29. The quantitative estimate of drug-likeness (QED) is 0.383. The number of hydrogen-bond donors (Lipinski definition) is 0. The number of rotatable bonds is 9. The number of carbonyl (C=O) groups excluding carboxylic acids is 1. The van der Waals surface area contributed by atoms with Crippen LogP contribution in [0.25, 0.3) is 10.2 Å². The van der Waals surface area contributed by atoms with Gasteiger partial charge in [-0.05, 0) is 68.4 Å². The third-order valence-corrected chi connectivity index (χ3v) is 8.27. The van der Waals surface area contributed by atoms with Crippen LogP contribution >= 0.6 is 35.3 Å². The summed E-state index contributed by atoms with van der Waals surface area (Å²) in [5.41, 5.74) is 3.00. The third-order valence-electron chi connectivity index (χ3n) is 5.37. The summed E-state index contributed by atoms with van der Waals surface area (Å²) in [4.78, 5) is 21.8. The first-order valence-electron chi connectivity index (χ1n) is 10.5. The van der Waals surface area contributed by atoms with Crippen LogP contribution in [0.4, 0.5) is 5.13 Å². The van der Waals surface area contributed by atoms with E-state index in [0.717, 1.165) is 34.4 Å². The summed E-state index contributed by atoms with van der Waals surface area (Å²) in [6.45, 7) is 10.8. The number of likely N-dealkylation sites (N-methyl/N-ethyl adjacent to an activating group) is 1. The van der Waals surface area contributed by atoms with E-state index in [0.29, 0.717) is 23.2 Å². The lowest BCUT2D eigenvalue weighted by Gasteiger charge is -2.24. The van der Waals surface area contributed by atoms with Crippen LogP contribution in [0.5, 0.6) is 0 Å². The molecule has 180 valence electrons. The van der Waals surface area contributed by atoms with E-state index in [2.05, 4.69) is 24.8 Å². The van der Waals surface area contributed by atoms with Crippen molar-refractivity contribution in [2.24, 2.45) is 0 Å². The molecule has 0 saturated heterocycles. The second kappa shape index (κ2) is 11.6. The number of carbonyl (C=O) groups is 1. The van der Waals surface area contributed by atoms with Gasteiger partial charge in [-0.15, -0.1) is 12.4 Å². The van der Waals surface area contributed by atoms with Crippen LogP contribution in [-0.2, 0) is 14.6 Å². The molecule has 6 nitrogen and oxygen atoms in total. The molecule has 0 N–H and O–H groups in total. The van der Waals surface area contributed by atoms with Crippen molar-refractivity contribution in [1.82, 2.24) is 9.88 Å². The number of benzene rings is 2. The minimum atomic E-state index is -3.81. The summed E-state index contributed by atoms with van der Waals surface area (Å²) in [7, 11) is -3.81. The number of hydrogen-bond acceptors (Lipinski definition) is 6. The maximum absolute atomic E-state index is 13.3. The van der Waals surface area contributed by atoms with Crippen molar-refractivity contribution in [3.05, 3.63) is 52.5 Å². The molecule has 10 heteroatoms. The highest BCUT2D eigenvalue weighted by Crippen LogP contribution is 2.32. The first-order valence-corrected chi connectivity index (χ1v) is 13.4. The molecular formula is C23H29Cl2N3O3S2. The van der Waals surface area contributed by atoms with Crippen LogP contribution in [0.3, 0.4) is 0 Å². The highest BCUT2D eigenvalue weighted by atomic mass is 35.5. The van der Waals surface area contributed by atoms with Gasteiger partial charge in [0.15, 0.2) is 15.0 Å². The van der Waals surface area contributed by atoms with Crippen LogP contribution in [0, 0.1) is 13.8 Å². The highest BCUT2D eigenvalue weighted by molar-refractivity contribution is 7.92. The van der Waals surface area contributed by atoms with Gasteiger partial charge in [0, 0.05) is 18.1 Å². The van der Waals surface area contributed by atoms with Gasteiger partial charge in [-0.1, -0.05) is 42.9 Å². The van der Waals surface area contributed by atoms with Crippen LogP contribution < -0.4 is 4.90 Å². The Bertz CT molecular complexity index is 1210. The fourth-order valence-corrected chi connectivity index (χ4v) is 6.06. The topological polar surface area (TPSA) is 70.6 Å². The van der Waals surface area contributed by atoms with E-state index in [4.69, 9.17) is 16.6 Å². The predicted molar refractivity (Wildman–Crippen MR) is 140 cm³/mol. The zero-order chi connectivity index (χ0) is 23.5. The monoisotopic (exact) mass is 529 g/mol. The van der Waals surface area contributed by atoms with Crippen molar-refractivity contribution < 1.29 is 13.2 Å². The second-order valence-electron chi connectivity index (χ2n) is 7.71. The number of aromatic nitrogens is 1. The lowest BCUT2D eigenvalue weighted by molar-refractivity contribution is -0.116. The Morgan fingerprint density at radius 2 is 1.70 bits per heavy atom. The second-order valence-corrected chi connectivity index (χ2v) is 11.1. The lowest BCUT2D eigenvalue weighted by Crippen LogP contribution is -2.41. The van der Waals surface area contributed by atoms with E-state index in [1.165, 1.54) is 40.5 Å². The minimum Gasteiger partial charge on any atom is -0.302 e. The molecule has 0 fully saturated rings. The molecule has 3 aromatic rings. The van der Waals surface area contributed by atoms with Gasteiger partial charge in [0.05, 0.1) is 15.1 Å². The van der Waals surface area contributed by atoms with Crippen LogP contribution in [0.1, 0.15) is 25.0 Å². The van der Waals surface area contributed by atoms with Crippen molar-refractivity contribution in [2.75, 3.05) is 36.8 Å². The molecule has 0 atom stereocenters. The maximum Gasteiger partial charge on any atom is 0.244 e. The van der Waals surface area contributed by atoms with Crippen molar-refractivity contribution in [3.63, 3.8) is 0 Å². The summed E-state index contributed by atoms with van der Waals surface area (Å²) in [5, 5.41) is 0.966. The van der Waals surface area contributed by atoms with E-state index in [1.807, 2.05) is 19.9 Å². The van der Waals surface area contributed by atoms with Gasteiger partial charge in [0.2, 0.25) is 5.91 Å². The smallest absolute Gasteiger partial charge is 0.244 e. The molecular weight excluding hydrogens is 501 g/mol. The van der Waals surface area contributed by atoms with Gasteiger partial charge in [-0.3, -0.25) is 9.69 Å². The Kier molecular flexibility index (Phi) is 9.70. The Morgan fingerprint density at radius 3 is 2.30 bits per heavy atom. The normalized spacial score (nSPS) is 11.6. The molecule has 0 aliphatic rings.